The zero-order chi connectivity index (χ0) is 34.7. The Bertz CT molecular complexity index is 1970. The number of aromatic amines is 2. The molecule has 3 fully saturated rings. The van der Waals surface area contributed by atoms with Gasteiger partial charge in [-0.2, -0.15) is 0 Å². The summed E-state index contributed by atoms with van der Waals surface area (Å²) in [6, 6.07) is 12.1. The lowest BCUT2D eigenvalue weighted by molar-refractivity contribution is -0.135. The van der Waals surface area contributed by atoms with Crippen LogP contribution >= 0.6 is 0 Å². The number of aromatic nitrogens is 4. The zero-order valence-corrected chi connectivity index (χ0v) is 28.6. The molecule has 2 bridgehead atoms. The minimum Gasteiger partial charge on any atom is -0.465 e. The molecule has 2 aliphatic heterocycles. The molecule has 2 saturated heterocycles. The molecule has 4 aliphatic rings. The Labute approximate surface area is 290 Å². The van der Waals surface area contributed by atoms with Crippen LogP contribution in [0, 0.1) is 11.8 Å². The highest BCUT2D eigenvalue weighted by Crippen LogP contribution is 2.50. The monoisotopic (exact) mass is 677 g/mol. The fraction of sp³-hybridized carbons (Fsp3) is 0.447. The Morgan fingerprint density at radius 3 is 2.18 bits per heavy atom. The summed E-state index contributed by atoms with van der Waals surface area (Å²) in [5.41, 5.74) is 8.91. The lowest BCUT2D eigenvalue weighted by Crippen LogP contribution is -2.51. The van der Waals surface area contributed by atoms with E-state index in [0.29, 0.717) is 12.5 Å². The molecule has 3 amide bonds. The van der Waals surface area contributed by atoms with Crippen molar-refractivity contribution in [3.8, 4) is 33.6 Å². The molecule has 12 heteroatoms. The predicted octanol–water partition coefficient (Wildman–Crippen LogP) is 6.48. The second-order valence-corrected chi connectivity index (χ2v) is 14.5. The van der Waals surface area contributed by atoms with Crippen molar-refractivity contribution in [2.75, 3.05) is 13.7 Å². The first-order chi connectivity index (χ1) is 24.2. The smallest absolute Gasteiger partial charge is 0.408 e. The highest BCUT2D eigenvalue weighted by Gasteiger charge is 2.50. The van der Waals surface area contributed by atoms with Gasteiger partial charge in [0.2, 0.25) is 5.91 Å². The maximum absolute atomic E-state index is 13.6. The number of methoxy groups -OCH3 is 1. The van der Waals surface area contributed by atoms with Crippen molar-refractivity contribution in [1.29, 1.82) is 0 Å². The summed E-state index contributed by atoms with van der Waals surface area (Å²) < 4.78 is 4.76. The van der Waals surface area contributed by atoms with Crippen LogP contribution in [-0.2, 0) is 22.4 Å². The van der Waals surface area contributed by atoms with Crippen LogP contribution < -0.4 is 5.32 Å². The van der Waals surface area contributed by atoms with Crippen molar-refractivity contribution < 1.29 is 24.2 Å². The first kappa shape index (κ1) is 32.1. The van der Waals surface area contributed by atoms with Crippen molar-refractivity contribution in [3.63, 3.8) is 0 Å². The number of alkyl carbamates (subject to hydrolysis) is 1. The Balaban J connectivity index is 0.993. The number of nitrogens with zero attached hydrogens (tertiary/aromatic N) is 4. The molecule has 5 atom stereocenters. The number of likely N-dealkylation sites (tertiary alicyclic amines) is 2. The zero-order valence-electron chi connectivity index (χ0n) is 28.6. The Morgan fingerprint density at radius 1 is 0.920 bits per heavy atom. The first-order valence-electron chi connectivity index (χ1n) is 17.7. The van der Waals surface area contributed by atoms with E-state index in [1.807, 2.05) is 31.1 Å². The number of carboxylic acid groups (broad SMARTS) is 1. The van der Waals surface area contributed by atoms with Crippen LogP contribution in [0.25, 0.3) is 33.6 Å². The number of nitrogens with one attached hydrogen (secondary N) is 3. The normalized spacial score (nSPS) is 22.8. The summed E-state index contributed by atoms with van der Waals surface area (Å²) in [6.45, 7) is 4.43. The molecule has 12 nitrogen and oxygen atoms in total. The summed E-state index contributed by atoms with van der Waals surface area (Å²) in [6.07, 6.45) is 8.60. The highest BCUT2D eigenvalue weighted by molar-refractivity contribution is 5.86. The Hall–Kier alpha value is -5.13. The summed E-state index contributed by atoms with van der Waals surface area (Å²) in [5.74, 6) is 1.60. The van der Waals surface area contributed by atoms with Gasteiger partial charge in [-0.25, -0.2) is 19.6 Å². The molecule has 4 N–H and O–H groups in total. The van der Waals surface area contributed by atoms with E-state index in [9.17, 15) is 19.5 Å². The maximum atomic E-state index is 13.6. The molecule has 2 aromatic carbocycles. The number of carbonyl (C=O) groups excluding carboxylic acids is 2. The van der Waals surface area contributed by atoms with E-state index in [-0.39, 0.29) is 30.0 Å². The number of imidazole rings is 2. The van der Waals surface area contributed by atoms with E-state index < -0.39 is 18.2 Å². The highest BCUT2D eigenvalue weighted by atomic mass is 16.5. The van der Waals surface area contributed by atoms with Gasteiger partial charge >= 0.3 is 12.2 Å². The van der Waals surface area contributed by atoms with Gasteiger partial charge in [-0.05, 0) is 102 Å². The average Bonchev–Trinajstić information content (AvgIpc) is 3.97. The number of amides is 3. The Kier molecular flexibility index (Phi) is 8.11. The van der Waals surface area contributed by atoms with Crippen LogP contribution in [0.15, 0.2) is 48.8 Å². The maximum Gasteiger partial charge on any atom is 0.408 e. The molecule has 4 heterocycles. The minimum absolute atomic E-state index is 0.0934. The van der Waals surface area contributed by atoms with Gasteiger partial charge in [0.1, 0.15) is 17.7 Å². The molecule has 0 radical (unpaired) electrons. The number of piperidine rings is 1. The number of H-pyrrole nitrogens is 2. The quantitative estimate of drug-likeness (QED) is 0.174. The molecule has 1 saturated carbocycles. The van der Waals surface area contributed by atoms with Crippen molar-refractivity contribution in [1.82, 2.24) is 35.1 Å². The third kappa shape index (κ3) is 5.50. The van der Waals surface area contributed by atoms with Crippen molar-refractivity contribution in [3.05, 3.63) is 71.6 Å². The van der Waals surface area contributed by atoms with Crippen molar-refractivity contribution in [2.45, 2.75) is 83.0 Å². The van der Waals surface area contributed by atoms with E-state index >= 15 is 0 Å². The first-order valence-corrected chi connectivity index (χ1v) is 17.7. The van der Waals surface area contributed by atoms with Gasteiger partial charge in [-0.3, -0.25) is 9.69 Å². The van der Waals surface area contributed by atoms with E-state index in [1.54, 1.807) is 4.90 Å². The van der Waals surface area contributed by atoms with Crippen LogP contribution in [0.5, 0.6) is 0 Å². The lowest BCUT2D eigenvalue weighted by Gasteiger charge is -2.31. The number of benzene rings is 2. The standard InChI is InChI=1S/C38H43N7O5/c1-20(2)32(43-37(47)50-3)36(46)44-14-4-5-31(44)34-39-18-29(41-34)23-9-12-27-21(15-23)6-7-22-16-24(10-13-28(22)27)30-19-40-35(42-30)33-25-8-11-26(17-25)45(33)38(48)49/h9-10,12-13,15-16,18-20,25-26,31-33H,4-8,11,14,17H2,1-3H3,(H,39,41)(H,40,42)(H,43,47)(H,48,49). The van der Waals surface area contributed by atoms with E-state index in [0.717, 1.165) is 79.1 Å². The van der Waals surface area contributed by atoms with Gasteiger partial charge in [0.15, 0.2) is 0 Å². The molecule has 8 rings (SSSR count). The summed E-state index contributed by atoms with van der Waals surface area (Å²) in [7, 11) is 1.30. The minimum atomic E-state index is -0.859. The predicted molar refractivity (Wildman–Crippen MR) is 186 cm³/mol. The molecule has 260 valence electrons. The molecule has 2 aliphatic carbocycles. The topological polar surface area (TPSA) is 157 Å². The fourth-order valence-corrected chi connectivity index (χ4v) is 8.83. The molecule has 2 aromatic heterocycles. The Morgan fingerprint density at radius 2 is 1.56 bits per heavy atom. The van der Waals surface area contributed by atoms with Crippen LogP contribution in [0.2, 0.25) is 0 Å². The van der Waals surface area contributed by atoms with Crippen molar-refractivity contribution >= 4 is 18.1 Å². The second-order valence-electron chi connectivity index (χ2n) is 14.5. The third-order valence-electron chi connectivity index (χ3n) is 11.3. The van der Waals surface area contributed by atoms with Gasteiger partial charge in [0.05, 0.1) is 43.0 Å². The molecule has 4 aromatic rings. The van der Waals surface area contributed by atoms with Gasteiger partial charge in [-0.1, -0.05) is 38.1 Å². The van der Waals surface area contributed by atoms with Crippen LogP contribution in [0.1, 0.15) is 80.8 Å². The van der Waals surface area contributed by atoms with Gasteiger partial charge in [-0.15, -0.1) is 0 Å². The third-order valence-corrected chi connectivity index (χ3v) is 11.3. The molecular weight excluding hydrogens is 634 g/mol. The van der Waals surface area contributed by atoms with E-state index in [4.69, 9.17) is 9.72 Å². The fourth-order valence-electron chi connectivity index (χ4n) is 8.83. The average molecular weight is 678 g/mol. The summed E-state index contributed by atoms with van der Waals surface area (Å²) in [4.78, 5) is 57.4. The van der Waals surface area contributed by atoms with Crippen LogP contribution in [0.4, 0.5) is 9.59 Å². The number of fused-ring (bicyclic) bond motifs is 5. The number of carbonyl (C=O) groups is 3. The summed E-state index contributed by atoms with van der Waals surface area (Å²) >= 11 is 0. The number of rotatable bonds is 7. The van der Waals surface area contributed by atoms with E-state index in [2.05, 4.69) is 56.7 Å². The molecule has 0 spiro atoms. The molecule has 5 unspecified atom stereocenters. The van der Waals surface area contributed by atoms with Gasteiger partial charge < -0.3 is 30.0 Å². The van der Waals surface area contributed by atoms with Crippen LogP contribution in [0.3, 0.4) is 0 Å². The second kappa shape index (κ2) is 12.6. The largest absolute Gasteiger partial charge is 0.465 e. The summed E-state index contributed by atoms with van der Waals surface area (Å²) in [5, 5.41) is 12.6. The SMILES string of the molecule is COC(=O)NC(C(=O)N1CCCC1c1ncc(-c2ccc3c(c2)CCc2cc(-c4cnc(C5C6CCC(C6)N5C(=O)O)[nH]4)ccc2-3)[nH]1)C(C)C. The number of hydrogen-bond donors (Lipinski definition) is 4. The molecular formula is C38H43N7O5. The molecule has 50 heavy (non-hydrogen) atoms. The van der Waals surface area contributed by atoms with Crippen molar-refractivity contribution in [2.24, 2.45) is 11.8 Å². The number of hydrogen-bond acceptors (Lipinski definition) is 6. The van der Waals surface area contributed by atoms with E-state index in [1.165, 1.54) is 29.4 Å². The van der Waals surface area contributed by atoms with Crippen LogP contribution in [-0.4, -0.2) is 78.7 Å². The number of aryl methyl sites for hydroxylation is 2. The lowest BCUT2D eigenvalue weighted by atomic mass is 9.83. The van der Waals surface area contributed by atoms with Gasteiger partial charge in [0, 0.05) is 12.6 Å². The van der Waals surface area contributed by atoms with Gasteiger partial charge in [0.25, 0.3) is 0 Å². The number of ether oxygens (including phenoxy) is 1.